The van der Waals surface area contributed by atoms with Gasteiger partial charge in [0.15, 0.2) is 0 Å². The molecule has 2 nitrogen and oxygen atoms in total. The van der Waals surface area contributed by atoms with Gasteiger partial charge in [-0.25, -0.2) is 5.43 Å². The summed E-state index contributed by atoms with van der Waals surface area (Å²) in [4.78, 5) is 1.31. The largest absolute Gasteiger partial charge is 0.271 e. The summed E-state index contributed by atoms with van der Waals surface area (Å²) in [5.74, 6) is 5.72. The highest BCUT2D eigenvalue weighted by Crippen LogP contribution is 2.28. The zero-order valence-corrected chi connectivity index (χ0v) is 12.8. The molecule has 0 aliphatic heterocycles. The van der Waals surface area contributed by atoms with Crippen molar-refractivity contribution in [3.63, 3.8) is 0 Å². The lowest BCUT2D eigenvalue weighted by atomic mass is 9.86. The van der Waals surface area contributed by atoms with Gasteiger partial charge in [0.2, 0.25) is 0 Å². The van der Waals surface area contributed by atoms with Crippen molar-refractivity contribution in [1.82, 2.24) is 5.43 Å². The normalized spacial score (nSPS) is 13.5. The Morgan fingerprint density at radius 3 is 2.16 bits per heavy atom. The Labute approximate surface area is 119 Å². The van der Waals surface area contributed by atoms with E-state index in [1.807, 2.05) is 0 Å². The first-order chi connectivity index (χ1) is 8.91. The Balaban J connectivity index is 2.30. The van der Waals surface area contributed by atoms with Crippen molar-refractivity contribution in [2.45, 2.75) is 39.2 Å². The van der Waals surface area contributed by atoms with Crippen molar-refractivity contribution < 1.29 is 0 Å². The van der Waals surface area contributed by atoms with E-state index in [0.717, 1.165) is 0 Å². The van der Waals surface area contributed by atoms with Gasteiger partial charge in [0.05, 0.1) is 6.04 Å². The van der Waals surface area contributed by atoms with Gasteiger partial charge in [0, 0.05) is 4.88 Å². The number of hydrazine groups is 1. The van der Waals surface area contributed by atoms with Gasteiger partial charge in [0.1, 0.15) is 0 Å². The number of nitrogens with two attached hydrogens (primary N) is 1. The summed E-state index contributed by atoms with van der Waals surface area (Å²) in [7, 11) is 0. The molecule has 2 rings (SSSR count). The van der Waals surface area contributed by atoms with E-state index in [-0.39, 0.29) is 11.5 Å². The molecule has 1 aromatic heterocycles. The van der Waals surface area contributed by atoms with E-state index >= 15 is 0 Å². The fraction of sp³-hybridized carbons (Fsp3) is 0.375. The van der Waals surface area contributed by atoms with Crippen LogP contribution in [-0.2, 0) is 5.41 Å². The molecule has 0 spiro atoms. The van der Waals surface area contributed by atoms with Crippen molar-refractivity contribution >= 4 is 11.3 Å². The summed E-state index contributed by atoms with van der Waals surface area (Å²) >= 11 is 1.75. The molecule has 0 bridgehead atoms. The Hall–Kier alpha value is -1.16. The predicted octanol–water partition coefficient (Wildman–Crippen LogP) is 3.91. The van der Waals surface area contributed by atoms with Crippen LogP contribution in [0.4, 0.5) is 0 Å². The maximum atomic E-state index is 5.72. The van der Waals surface area contributed by atoms with Crippen molar-refractivity contribution in [3.8, 4) is 0 Å². The molecule has 19 heavy (non-hydrogen) atoms. The van der Waals surface area contributed by atoms with Crippen LogP contribution in [0.25, 0.3) is 0 Å². The fourth-order valence-corrected chi connectivity index (χ4v) is 2.91. The Bertz CT molecular complexity index is 535. The zero-order valence-electron chi connectivity index (χ0n) is 12.0. The molecule has 1 atom stereocenters. The Morgan fingerprint density at radius 2 is 1.74 bits per heavy atom. The SMILES string of the molecule is Cc1cc(C(NN)c2ccc(C(C)(C)C)cc2)cs1. The molecule has 0 fully saturated rings. The number of hydrogen-bond donors (Lipinski definition) is 2. The van der Waals surface area contributed by atoms with Crippen molar-refractivity contribution in [2.75, 3.05) is 0 Å². The lowest BCUT2D eigenvalue weighted by Crippen LogP contribution is -2.28. The smallest absolute Gasteiger partial charge is 0.0718 e. The number of thiophene rings is 1. The summed E-state index contributed by atoms with van der Waals surface area (Å²) in [6, 6.07) is 11.0. The molecule has 0 aliphatic rings. The first-order valence-corrected chi connectivity index (χ1v) is 7.41. The highest BCUT2D eigenvalue weighted by Gasteiger charge is 2.16. The van der Waals surface area contributed by atoms with E-state index in [4.69, 9.17) is 5.84 Å². The minimum absolute atomic E-state index is 0.0685. The zero-order chi connectivity index (χ0) is 14.0. The number of rotatable bonds is 3. The van der Waals surface area contributed by atoms with Gasteiger partial charge in [-0.1, -0.05) is 45.0 Å². The molecule has 0 amide bonds. The molecule has 102 valence electrons. The number of hydrogen-bond acceptors (Lipinski definition) is 3. The summed E-state index contributed by atoms with van der Waals surface area (Å²) in [6.45, 7) is 8.79. The number of nitrogens with one attached hydrogen (secondary N) is 1. The van der Waals surface area contributed by atoms with E-state index in [1.165, 1.54) is 21.6 Å². The lowest BCUT2D eigenvalue weighted by molar-refractivity contribution is 0.588. The van der Waals surface area contributed by atoms with Crippen LogP contribution in [0.3, 0.4) is 0 Å². The van der Waals surface area contributed by atoms with Gasteiger partial charge < -0.3 is 0 Å². The fourth-order valence-electron chi connectivity index (χ4n) is 2.18. The molecule has 1 heterocycles. The maximum Gasteiger partial charge on any atom is 0.0718 e. The van der Waals surface area contributed by atoms with Crippen molar-refractivity contribution in [2.24, 2.45) is 5.84 Å². The molecule has 0 saturated carbocycles. The average molecular weight is 274 g/mol. The first-order valence-electron chi connectivity index (χ1n) is 6.53. The lowest BCUT2D eigenvalue weighted by Gasteiger charge is -2.21. The third-order valence-corrected chi connectivity index (χ3v) is 4.24. The van der Waals surface area contributed by atoms with Gasteiger partial charge in [-0.2, -0.15) is 0 Å². The average Bonchev–Trinajstić information content (AvgIpc) is 2.76. The molecule has 3 N–H and O–H groups in total. The maximum absolute atomic E-state index is 5.72. The number of benzene rings is 1. The van der Waals surface area contributed by atoms with Crippen LogP contribution in [0, 0.1) is 6.92 Å². The van der Waals surface area contributed by atoms with Crippen molar-refractivity contribution in [1.29, 1.82) is 0 Å². The Morgan fingerprint density at radius 1 is 1.11 bits per heavy atom. The molecular formula is C16H22N2S. The van der Waals surface area contributed by atoms with Gasteiger partial charge in [-0.3, -0.25) is 5.84 Å². The number of aryl methyl sites for hydroxylation is 1. The van der Waals surface area contributed by atoms with Crippen LogP contribution in [0.15, 0.2) is 35.7 Å². The molecule has 0 radical (unpaired) electrons. The van der Waals surface area contributed by atoms with Crippen LogP contribution >= 0.6 is 11.3 Å². The third kappa shape index (κ3) is 3.24. The van der Waals surface area contributed by atoms with E-state index in [1.54, 1.807) is 11.3 Å². The molecule has 1 aromatic carbocycles. The van der Waals surface area contributed by atoms with E-state index in [2.05, 4.69) is 68.8 Å². The molecule has 2 aromatic rings. The van der Waals surface area contributed by atoms with Crippen LogP contribution in [0.2, 0.25) is 0 Å². The standard InChI is InChI=1S/C16H22N2S/c1-11-9-13(10-19-11)15(18-17)12-5-7-14(8-6-12)16(2,3)4/h5-10,15,18H,17H2,1-4H3. The van der Waals surface area contributed by atoms with E-state index in [0.29, 0.717) is 0 Å². The van der Waals surface area contributed by atoms with Crippen molar-refractivity contribution in [3.05, 3.63) is 57.3 Å². The van der Waals surface area contributed by atoms with E-state index in [9.17, 15) is 0 Å². The van der Waals surface area contributed by atoms with Crippen LogP contribution < -0.4 is 11.3 Å². The van der Waals surface area contributed by atoms with Gasteiger partial charge in [-0.05, 0) is 40.5 Å². The van der Waals surface area contributed by atoms with Gasteiger partial charge >= 0.3 is 0 Å². The third-order valence-electron chi connectivity index (χ3n) is 3.36. The van der Waals surface area contributed by atoms with E-state index < -0.39 is 0 Å². The van der Waals surface area contributed by atoms with Crippen LogP contribution in [-0.4, -0.2) is 0 Å². The minimum atomic E-state index is 0.0685. The second-order valence-corrected chi connectivity index (χ2v) is 7.08. The summed E-state index contributed by atoms with van der Waals surface area (Å²) in [6.07, 6.45) is 0. The molecule has 0 saturated heterocycles. The summed E-state index contributed by atoms with van der Waals surface area (Å²) < 4.78 is 0. The molecule has 1 unspecified atom stereocenters. The predicted molar refractivity (Wildman–Crippen MR) is 83.4 cm³/mol. The topological polar surface area (TPSA) is 38.0 Å². The molecular weight excluding hydrogens is 252 g/mol. The second-order valence-electron chi connectivity index (χ2n) is 5.96. The Kier molecular flexibility index (Phi) is 4.09. The second kappa shape index (κ2) is 5.45. The van der Waals surface area contributed by atoms with Crippen LogP contribution in [0.5, 0.6) is 0 Å². The first kappa shape index (κ1) is 14.3. The highest BCUT2D eigenvalue weighted by molar-refractivity contribution is 7.10. The molecule has 0 aliphatic carbocycles. The highest BCUT2D eigenvalue weighted by atomic mass is 32.1. The minimum Gasteiger partial charge on any atom is -0.271 e. The summed E-state index contributed by atoms with van der Waals surface area (Å²) in [5, 5.41) is 2.16. The quantitative estimate of drug-likeness (QED) is 0.658. The monoisotopic (exact) mass is 274 g/mol. The molecule has 3 heteroatoms. The van der Waals surface area contributed by atoms with Gasteiger partial charge in [-0.15, -0.1) is 11.3 Å². The van der Waals surface area contributed by atoms with Gasteiger partial charge in [0.25, 0.3) is 0 Å². The van der Waals surface area contributed by atoms with Crippen LogP contribution in [0.1, 0.15) is 48.4 Å². The summed E-state index contributed by atoms with van der Waals surface area (Å²) in [5.41, 5.74) is 6.87.